The molecule has 2 aromatic heterocycles. The summed E-state index contributed by atoms with van der Waals surface area (Å²) in [4.78, 5) is 26.8. The number of carbonyl (C=O) groups excluding carboxylic acids is 1. The van der Waals surface area contributed by atoms with Gasteiger partial charge in [0, 0.05) is 35.9 Å². The summed E-state index contributed by atoms with van der Waals surface area (Å²) in [6.45, 7) is 0. The van der Waals surface area contributed by atoms with Crippen molar-refractivity contribution in [3.8, 4) is 10.6 Å². The fourth-order valence-electron chi connectivity index (χ4n) is 1.97. The van der Waals surface area contributed by atoms with Gasteiger partial charge in [0.2, 0.25) is 0 Å². The molecule has 1 N–H and O–H groups in total. The Labute approximate surface area is 144 Å². The van der Waals surface area contributed by atoms with Crippen molar-refractivity contribution in [2.24, 2.45) is 7.05 Å². The molecule has 0 unspecified atom stereocenters. The van der Waals surface area contributed by atoms with Crippen LogP contribution in [0.5, 0.6) is 0 Å². The number of nitro groups is 1. The fraction of sp³-hybridized carbons (Fsp3) is 0.0714. The maximum Gasteiger partial charge on any atom is 0.289 e. The Morgan fingerprint density at radius 3 is 2.92 bits per heavy atom. The molecule has 3 aromatic rings. The van der Waals surface area contributed by atoms with Gasteiger partial charge < -0.3 is 5.32 Å². The molecule has 0 atom stereocenters. The molecule has 0 radical (unpaired) electrons. The molecular weight excluding hydrogens is 354 g/mol. The van der Waals surface area contributed by atoms with Gasteiger partial charge in [0.25, 0.3) is 11.6 Å². The van der Waals surface area contributed by atoms with Gasteiger partial charge in [-0.05, 0) is 12.1 Å². The van der Waals surface area contributed by atoms with Gasteiger partial charge in [-0.3, -0.25) is 19.6 Å². The van der Waals surface area contributed by atoms with Crippen LogP contribution in [0.3, 0.4) is 0 Å². The van der Waals surface area contributed by atoms with Crippen molar-refractivity contribution >= 4 is 40.2 Å². The van der Waals surface area contributed by atoms with Gasteiger partial charge in [0.15, 0.2) is 0 Å². The van der Waals surface area contributed by atoms with Crippen LogP contribution in [0.25, 0.3) is 10.6 Å². The molecule has 0 aliphatic heterocycles. The largest absolute Gasteiger partial charge is 0.320 e. The van der Waals surface area contributed by atoms with Crippen molar-refractivity contribution in [3.05, 3.63) is 56.8 Å². The van der Waals surface area contributed by atoms with E-state index in [4.69, 9.17) is 11.6 Å². The predicted molar refractivity (Wildman–Crippen MR) is 90.4 cm³/mol. The number of amides is 1. The highest BCUT2D eigenvalue weighted by Gasteiger charge is 2.16. The predicted octanol–water partition coefficient (Wildman–Crippen LogP) is 3.36. The molecule has 10 heteroatoms. The average Bonchev–Trinajstić information content (AvgIpc) is 3.17. The number of hydrogen-bond donors (Lipinski definition) is 1. The van der Waals surface area contributed by atoms with Crippen LogP contribution < -0.4 is 5.32 Å². The molecule has 0 saturated heterocycles. The topological polar surface area (TPSA) is 103 Å². The van der Waals surface area contributed by atoms with E-state index in [2.05, 4.69) is 15.4 Å². The third-order valence-corrected chi connectivity index (χ3v) is 4.30. The lowest BCUT2D eigenvalue weighted by atomic mass is 10.2. The molecule has 0 aliphatic carbocycles. The molecule has 3 rings (SSSR count). The highest BCUT2D eigenvalue weighted by atomic mass is 35.5. The number of nitrogens with zero attached hydrogens (tertiary/aromatic N) is 4. The zero-order chi connectivity index (χ0) is 17.3. The maximum absolute atomic E-state index is 12.2. The lowest BCUT2D eigenvalue weighted by molar-refractivity contribution is -0.384. The monoisotopic (exact) mass is 363 g/mol. The second-order valence-corrected chi connectivity index (χ2v) is 6.08. The Morgan fingerprint density at radius 1 is 1.46 bits per heavy atom. The van der Waals surface area contributed by atoms with E-state index < -0.39 is 10.8 Å². The van der Waals surface area contributed by atoms with E-state index in [0.29, 0.717) is 5.01 Å². The number of rotatable bonds is 4. The van der Waals surface area contributed by atoms with Crippen LogP contribution in [-0.2, 0) is 7.05 Å². The van der Waals surface area contributed by atoms with E-state index >= 15 is 0 Å². The maximum atomic E-state index is 12.2. The van der Waals surface area contributed by atoms with E-state index in [1.54, 1.807) is 29.5 Å². The Hall–Kier alpha value is -2.78. The third kappa shape index (κ3) is 3.26. The van der Waals surface area contributed by atoms with E-state index in [1.165, 1.54) is 29.5 Å². The lowest BCUT2D eigenvalue weighted by Crippen LogP contribution is -2.12. The van der Waals surface area contributed by atoms with Crippen LogP contribution in [0.1, 0.15) is 10.5 Å². The molecule has 8 nitrogen and oxygen atoms in total. The van der Waals surface area contributed by atoms with Crippen LogP contribution in [-0.4, -0.2) is 25.6 Å². The minimum absolute atomic E-state index is 0.00511. The van der Waals surface area contributed by atoms with Gasteiger partial charge in [-0.1, -0.05) is 11.6 Å². The molecule has 0 aliphatic rings. The number of nitro benzene ring substituents is 1. The summed E-state index contributed by atoms with van der Waals surface area (Å²) in [6, 6.07) is 4.05. The third-order valence-electron chi connectivity index (χ3n) is 3.09. The van der Waals surface area contributed by atoms with Crippen molar-refractivity contribution in [1.82, 2.24) is 14.8 Å². The highest BCUT2D eigenvalue weighted by molar-refractivity contribution is 7.13. The SMILES string of the molecule is Cn1cc(-c2nc(C(=O)Nc3ccc(Cl)c([N+](=O)[O-])c3)cs2)cn1. The van der Waals surface area contributed by atoms with E-state index in [1.807, 2.05) is 0 Å². The Balaban J connectivity index is 1.79. The van der Waals surface area contributed by atoms with Gasteiger partial charge in [-0.25, -0.2) is 4.98 Å². The highest BCUT2D eigenvalue weighted by Crippen LogP contribution is 2.28. The molecule has 122 valence electrons. The quantitative estimate of drug-likeness (QED) is 0.565. The second-order valence-electron chi connectivity index (χ2n) is 4.82. The number of thiazole rings is 1. The van der Waals surface area contributed by atoms with Crippen LogP contribution >= 0.6 is 22.9 Å². The first-order chi connectivity index (χ1) is 11.4. The molecule has 0 bridgehead atoms. The number of hydrogen-bond acceptors (Lipinski definition) is 6. The normalized spacial score (nSPS) is 10.6. The van der Waals surface area contributed by atoms with E-state index in [0.717, 1.165) is 5.56 Å². The second kappa shape index (κ2) is 6.38. The van der Waals surface area contributed by atoms with E-state index in [-0.39, 0.29) is 22.1 Å². The summed E-state index contributed by atoms with van der Waals surface area (Å²) >= 11 is 7.06. The smallest absolute Gasteiger partial charge is 0.289 e. The first-order valence-electron chi connectivity index (χ1n) is 6.64. The number of benzene rings is 1. The zero-order valence-electron chi connectivity index (χ0n) is 12.3. The summed E-state index contributed by atoms with van der Waals surface area (Å²) in [5.74, 6) is -0.460. The first kappa shape index (κ1) is 16.1. The van der Waals surface area contributed by atoms with Crippen molar-refractivity contribution in [1.29, 1.82) is 0 Å². The number of carbonyl (C=O) groups is 1. The van der Waals surface area contributed by atoms with E-state index in [9.17, 15) is 14.9 Å². The van der Waals surface area contributed by atoms with Gasteiger partial charge in [0.05, 0.1) is 11.1 Å². The number of aryl methyl sites for hydroxylation is 1. The molecule has 0 saturated carbocycles. The molecule has 24 heavy (non-hydrogen) atoms. The number of aromatic nitrogens is 3. The Kier molecular flexibility index (Phi) is 4.28. The summed E-state index contributed by atoms with van der Waals surface area (Å²) in [5, 5.41) is 19.8. The van der Waals surface area contributed by atoms with Crippen molar-refractivity contribution in [2.45, 2.75) is 0 Å². The minimum Gasteiger partial charge on any atom is -0.320 e. The molecule has 0 fully saturated rings. The summed E-state index contributed by atoms with van der Waals surface area (Å²) in [7, 11) is 1.79. The summed E-state index contributed by atoms with van der Waals surface area (Å²) < 4.78 is 1.64. The summed E-state index contributed by atoms with van der Waals surface area (Å²) in [6.07, 6.45) is 3.45. The number of halogens is 1. The Morgan fingerprint density at radius 2 is 2.25 bits per heavy atom. The van der Waals surface area contributed by atoms with Crippen molar-refractivity contribution in [2.75, 3.05) is 5.32 Å². The molecule has 1 aromatic carbocycles. The average molecular weight is 364 g/mol. The fourth-order valence-corrected chi connectivity index (χ4v) is 2.93. The minimum atomic E-state index is -0.610. The van der Waals surface area contributed by atoms with Gasteiger partial charge in [0.1, 0.15) is 15.7 Å². The molecule has 0 spiro atoms. The zero-order valence-corrected chi connectivity index (χ0v) is 13.8. The van der Waals surface area contributed by atoms with Gasteiger partial charge >= 0.3 is 0 Å². The standard InChI is InChI=1S/C14H10ClN5O3S/c1-19-6-8(5-16-19)14-18-11(7-24-14)13(21)17-9-2-3-10(15)12(4-9)20(22)23/h2-7H,1H3,(H,17,21). The van der Waals surface area contributed by atoms with Crippen molar-refractivity contribution < 1.29 is 9.72 Å². The first-order valence-corrected chi connectivity index (χ1v) is 7.89. The number of nitrogens with one attached hydrogen (secondary N) is 1. The summed E-state index contributed by atoms with van der Waals surface area (Å²) in [5.41, 5.74) is 1.02. The van der Waals surface area contributed by atoms with Crippen LogP contribution in [0.2, 0.25) is 5.02 Å². The van der Waals surface area contributed by atoms with Crippen LogP contribution in [0.15, 0.2) is 36.0 Å². The number of anilines is 1. The van der Waals surface area contributed by atoms with Crippen LogP contribution in [0.4, 0.5) is 11.4 Å². The molecule has 2 heterocycles. The van der Waals surface area contributed by atoms with Crippen molar-refractivity contribution in [3.63, 3.8) is 0 Å². The van der Waals surface area contributed by atoms with Gasteiger partial charge in [-0.2, -0.15) is 5.10 Å². The lowest BCUT2D eigenvalue weighted by Gasteiger charge is -2.03. The van der Waals surface area contributed by atoms with Gasteiger partial charge in [-0.15, -0.1) is 11.3 Å². The van der Waals surface area contributed by atoms with Crippen LogP contribution in [0, 0.1) is 10.1 Å². The molecular formula is C14H10ClN5O3S. The molecule has 1 amide bonds. The Bertz CT molecular complexity index is 936.